The fourth-order valence-corrected chi connectivity index (χ4v) is 9.06. The first-order valence-electron chi connectivity index (χ1n) is 23.7. The number of rotatable bonds is 21. The van der Waals surface area contributed by atoms with Crippen LogP contribution in [0.5, 0.6) is 34.5 Å². The molecule has 4 aromatic carbocycles. The summed E-state index contributed by atoms with van der Waals surface area (Å²) in [5, 5.41) is 0.894. The Labute approximate surface area is 425 Å². The number of para-hydroxylation sites is 1. The SMILES string of the molecule is C=CC(=O)OCC(COc1ccc(OC(=O)C2CCC(C(=O)Oc3ccc(OC(=O)C4CCC(C(=O)Oc5ccc(OC(=O)C=C)cc5)CC4)c(/C=C/Cc4nc5ccccc5s4)c3)CC2)cc1)OC(=O)C=C. The molecule has 1 aromatic heterocycles. The molecule has 1 unspecified atom stereocenters. The van der Waals surface area contributed by atoms with Crippen molar-refractivity contribution in [1.29, 1.82) is 0 Å². The number of esters is 7. The molecular formula is C56H53NO15S. The van der Waals surface area contributed by atoms with E-state index in [0.717, 1.165) is 33.5 Å². The maximum Gasteiger partial charge on any atom is 0.335 e. The van der Waals surface area contributed by atoms with Crippen LogP contribution in [0.1, 0.15) is 61.9 Å². The van der Waals surface area contributed by atoms with Gasteiger partial charge in [-0.2, -0.15) is 0 Å². The van der Waals surface area contributed by atoms with Crippen LogP contribution in [0.25, 0.3) is 16.3 Å². The Kier molecular flexibility index (Phi) is 18.6. The van der Waals surface area contributed by atoms with Crippen molar-refractivity contribution in [3.8, 4) is 34.5 Å². The highest BCUT2D eigenvalue weighted by atomic mass is 32.1. The number of ether oxygens (including phenoxy) is 8. The number of allylic oxidation sites excluding steroid dienone is 1. The number of carbonyl (C=O) groups is 7. The maximum atomic E-state index is 13.6. The zero-order valence-corrected chi connectivity index (χ0v) is 40.6. The number of benzene rings is 4. The first kappa shape index (κ1) is 52.6. The van der Waals surface area contributed by atoms with Gasteiger partial charge in [-0.15, -0.1) is 11.3 Å². The van der Waals surface area contributed by atoms with Crippen LogP contribution in [0.15, 0.2) is 135 Å². The van der Waals surface area contributed by atoms with Crippen LogP contribution in [0, 0.1) is 23.7 Å². The van der Waals surface area contributed by atoms with Gasteiger partial charge < -0.3 is 37.9 Å². The Balaban J connectivity index is 0.912. The zero-order valence-electron chi connectivity index (χ0n) is 39.8. The average molecular weight is 1010 g/mol. The lowest BCUT2D eigenvalue weighted by Gasteiger charge is -2.26. The zero-order chi connectivity index (χ0) is 51.7. The average Bonchev–Trinajstić information content (AvgIpc) is 3.83. The summed E-state index contributed by atoms with van der Waals surface area (Å²) in [6.07, 6.45) is 9.60. The monoisotopic (exact) mass is 1010 g/mol. The van der Waals surface area contributed by atoms with Gasteiger partial charge in [-0.25, -0.2) is 19.4 Å². The van der Waals surface area contributed by atoms with E-state index in [4.69, 9.17) is 42.9 Å². The second-order valence-corrected chi connectivity index (χ2v) is 18.3. The van der Waals surface area contributed by atoms with Crippen LogP contribution in [0.4, 0.5) is 0 Å². The number of nitrogens with zero attached hydrogens (tertiary/aromatic N) is 1. The van der Waals surface area contributed by atoms with Gasteiger partial charge in [0.2, 0.25) is 0 Å². The lowest BCUT2D eigenvalue weighted by Crippen LogP contribution is -2.30. The van der Waals surface area contributed by atoms with Crippen molar-refractivity contribution < 1.29 is 71.5 Å². The molecule has 0 N–H and O–H groups in total. The molecule has 2 aliphatic carbocycles. The number of hydrogen-bond acceptors (Lipinski definition) is 17. The molecule has 0 bridgehead atoms. The Bertz CT molecular complexity index is 2820. The Morgan fingerprint density at radius 2 is 1.03 bits per heavy atom. The van der Waals surface area contributed by atoms with Crippen molar-refractivity contribution in [2.75, 3.05) is 13.2 Å². The topological polar surface area (TPSA) is 206 Å². The minimum atomic E-state index is -0.915. The molecule has 0 saturated heterocycles. The summed E-state index contributed by atoms with van der Waals surface area (Å²) in [7, 11) is 0. The number of hydrogen-bond donors (Lipinski definition) is 0. The number of carbonyl (C=O) groups excluding carboxylic acids is 7. The first-order chi connectivity index (χ1) is 35.4. The largest absolute Gasteiger partial charge is 0.490 e. The third-order valence-electron chi connectivity index (χ3n) is 12.1. The summed E-state index contributed by atoms with van der Waals surface area (Å²) >= 11 is 1.58. The van der Waals surface area contributed by atoms with E-state index >= 15 is 0 Å². The standard InChI is InChI=1S/C56H53NO15S/c1-4-50(58)66-34-45(68-52(60)6-3)33-65-40-22-24-42(25-23-40)69-53(61)35-14-16-37(17-15-35)55(63)71-44-30-31-47(39(32-44)10-9-13-49-57-46-11-7-8-12-48(46)73-49)72-56(64)38-20-18-36(19-21-38)54(62)70-43-28-26-41(27-29-43)67-51(59)5-2/h4-12,22-32,35-38,45H,1-3,13-21,33-34H2/b10-9+. The van der Waals surface area contributed by atoms with Gasteiger partial charge in [0, 0.05) is 30.2 Å². The van der Waals surface area contributed by atoms with Crippen molar-refractivity contribution >= 4 is 69.4 Å². The smallest absolute Gasteiger partial charge is 0.335 e. The molecule has 2 fully saturated rings. The van der Waals surface area contributed by atoms with Gasteiger partial charge in [-0.3, -0.25) is 19.2 Å². The highest BCUT2D eigenvalue weighted by Gasteiger charge is 2.34. The van der Waals surface area contributed by atoms with E-state index in [1.807, 2.05) is 30.3 Å². The molecule has 0 radical (unpaired) electrons. The Morgan fingerprint density at radius 3 is 1.56 bits per heavy atom. The molecule has 2 aliphatic rings. The molecule has 1 heterocycles. The quantitative estimate of drug-likeness (QED) is 0.0381. The second kappa shape index (κ2) is 25.8. The summed E-state index contributed by atoms with van der Waals surface area (Å²) in [4.78, 5) is 92.8. The van der Waals surface area contributed by atoms with E-state index < -0.39 is 71.6 Å². The van der Waals surface area contributed by atoms with E-state index in [1.165, 1.54) is 24.3 Å². The molecule has 5 aromatic rings. The predicted molar refractivity (Wildman–Crippen MR) is 268 cm³/mol. The molecule has 378 valence electrons. The third kappa shape index (κ3) is 15.4. The third-order valence-corrected chi connectivity index (χ3v) is 13.1. The second-order valence-electron chi connectivity index (χ2n) is 17.1. The molecule has 7 rings (SSSR count). The van der Waals surface area contributed by atoms with Gasteiger partial charge in [0.25, 0.3) is 0 Å². The van der Waals surface area contributed by atoms with Gasteiger partial charge in [0.1, 0.15) is 47.7 Å². The normalized spacial score (nSPS) is 17.8. The molecular weight excluding hydrogens is 959 g/mol. The van der Waals surface area contributed by atoms with Gasteiger partial charge in [0.15, 0.2) is 6.10 Å². The van der Waals surface area contributed by atoms with E-state index in [2.05, 4.69) is 19.7 Å². The lowest BCUT2D eigenvalue weighted by molar-refractivity contribution is -0.154. The van der Waals surface area contributed by atoms with E-state index in [1.54, 1.807) is 59.9 Å². The van der Waals surface area contributed by atoms with E-state index in [0.29, 0.717) is 74.8 Å². The predicted octanol–water partition coefficient (Wildman–Crippen LogP) is 9.48. The summed E-state index contributed by atoms with van der Waals surface area (Å²) in [5.41, 5.74) is 1.41. The number of aromatic nitrogens is 1. The summed E-state index contributed by atoms with van der Waals surface area (Å²) in [5.74, 6) is -3.73. The van der Waals surface area contributed by atoms with Crippen LogP contribution >= 0.6 is 11.3 Å². The van der Waals surface area contributed by atoms with Gasteiger partial charge in [-0.1, -0.05) is 44.0 Å². The summed E-state index contributed by atoms with van der Waals surface area (Å²) < 4.78 is 45.1. The first-order valence-corrected chi connectivity index (χ1v) is 24.5. The minimum absolute atomic E-state index is 0.134. The molecule has 2 saturated carbocycles. The molecule has 1 atom stereocenters. The van der Waals surface area contributed by atoms with Crippen molar-refractivity contribution in [2.45, 2.75) is 63.9 Å². The van der Waals surface area contributed by atoms with Gasteiger partial charge in [0.05, 0.1) is 38.9 Å². The Hall–Kier alpha value is -8.18. The molecule has 16 nitrogen and oxygen atoms in total. The molecule has 0 spiro atoms. The lowest BCUT2D eigenvalue weighted by atomic mass is 9.82. The highest BCUT2D eigenvalue weighted by molar-refractivity contribution is 7.18. The number of fused-ring (bicyclic) bond motifs is 1. The molecule has 0 aliphatic heterocycles. The van der Waals surface area contributed by atoms with Gasteiger partial charge in [-0.05, 0) is 130 Å². The molecule has 0 amide bonds. The van der Waals surface area contributed by atoms with Crippen molar-refractivity contribution in [3.05, 3.63) is 146 Å². The van der Waals surface area contributed by atoms with E-state index in [9.17, 15) is 33.6 Å². The van der Waals surface area contributed by atoms with Crippen LogP contribution in [0.2, 0.25) is 0 Å². The van der Waals surface area contributed by atoms with Crippen molar-refractivity contribution in [2.24, 2.45) is 23.7 Å². The van der Waals surface area contributed by atoms with Crippen LogP contribution in [-0.2, 0) is 49.5 Å². The van der Waals surface area contributed by atoms with Gasteiger partial charge >= 0.3 is 41.8 Å². The van der Waals surface area contributed by atoms with Crippen LogP contribution in [0.3, 0.4) is 0 Å². The molecule has 73 heavy (non-hydrogen) atoms. The maximum absolute atomic E-state index is 13.6. The Morgan fingerprint density at radius 1 is 0.548 bits per heavy atom. The summed E-state index contributed by atoms with van der Waals surface area (Å²) in [6.45, 7) is 9.67. The molecule has 17 heteroatoms. The summed E-state index contributed by atoms with van der Waals surface area (Å²) in [6, 6.07) is 25.0. The van der Waals surface area contributed by atoms with Crippen molar-refractivity contribution in [1.82, 2.24) is 4.98 Å². The van der Waals surface area contributed by atoms with Crippen LogP contribution < -0.4 is 28.4 Å². The minimum Gasteiger partial charge on any atom is -0.490 e. The van der Waals surface area contributed by atoms with Crippen LogP contribution in [-0.4, -0.2) is 66.1 Å². The van der Waals surface area contributed by atoms with Crippen molar-refractivity contribution in [3.63, 3.8) is 0 Å². The van der Waals surface area contributed by atoms with E-state index in [-0.39, 0.29) is 36.2 Å². The highest BCUT2D eigenvalue weighted by Crippen LogP contribution is 2.35. The fourth-order valence-electron chi connectivity index (χ4n) is 8.12. The fraction of sp³-hybridized carbons (Fsp3) is 0.286. The number of thiazole rings is 1.